The Morgan fingerprint density at radius 1 is 1.24 bits per heavy atom. The molecule has 1 N–H and O–H groups in total. The predicted octanol–water partition coefficient (Wildman–Crippen LogP) is 4.51. The normalized spacial score (nSPS) is 12.2. The van der Waals surface area contributed by atoms with Crippen molar-refractivity contribution < 1.29 is 9.47 Å². The highest BCUT2D eigenvalue weighted by atomic mass is 35.5. The van der Waals surface area contributed by atoms with E-state index in [4.69, 9.17) is 21.1 Å². The third-order valence-corrected chi connectivity index (χ3v) is 4.49. The van der Waals surface area contributed by atoms with E-state index in [1.165, 1.54) is 4.88 Å². The molecule has 1 atom stereocenters. The van der Waals surface area contributed by atoms with E-state index in [1.54, 1.807) is 25.6 Å². The van der Waals surface area contributed by atoms with Gasteiger partial charge in [0.05, 0.1) is 25.3 Å². The summed E-state index contributed by atoms with van der Waals surface area (Å²) >= 11 is 7.94. The first-order chi connectivity index (χ1) is 10.2. The molecule has 0 spiro atoms. The molecule has 0 aliphatic carbocycles. The molecule has 0 saturated carbocycles. The molecule has 0 amide bonds. The molecular formula is C16H20ClNO2S. The SMILES string of the molecule is CCCNC(c1ccc(OC)c(Cl)c1)c1cc(OC)cs1. The van der Waals surface area contributed by atoms with E-state index in [9.17, 15) is 0 Å². The smallest absolute Gasteiger partial charge is 0.137 e. The van der Waals surface area contributed by atoms with Gasteiger partial charge in [-0.05, 0) is 36.7 Å². The van der Waals surface area contributed by atoms with Gasteiger partial charge in [-0.2, -0.15) is 0 Å². The third kappa shape index (κ3) is 3.90. The summed E-state index contributed by atoms with van der Waals surface area (Å²) in [6.45, 7) is 3.09. The van der Waals surface area contributed by atoms with Crippen LogP contribution in [0.5, 0.6) is 11.5 Å². The molecule has 1 aromatic heterocycles. The second-order valence-corrected chi connectivity index (χ2v) is 6.02. The Balaban J connectivity index is 2.32. The van der Waals surface area contributed by atoms with Gasteiger partial charge < -0.3 is 14.8 Å². The van der Waals surface area contributed by atoms with Crippen molar-refractivity contribution in [2.24, 2.45) is 0 Å². The molecule has 0 bridgehead atoms. The summed E-state index contributed by atoms with van der Waals surface area (Å²) in [5, 5.41) is 6.20. The Morgan fingerprint density at radius 3 is 2.62 bits per heavy atom. The van der Waals surface area contributed by atoms with Crippen molar-refractivity contribution in [3.63, 3.8) is 0 Å². The third-order valence-electron chi connectivity index (χ3n) is 3.22. The monoisotopic (exact) mass is 325 g/mol. The molecule has 1 aromatic carbocycles. The number of methoxy groups -OCH3 is 2. The highest BCUT2D eigenvalue weighted by Crippen LogP contribution is 2.34. The number of hydrogen-bond donors (Lipinski definition) is 1. The first kappa shape index (κ1) is 16.1. The van der Waals surface area contributed by atoms with Crippen LogP contribution in [0.15, 0.2) is 29.6 Å². The van der Waals surface area contributed by atoms with Crippen molar-refractivity contribution in [3.05, 3.63) is 45.1 Å². The van der Waals surface area contributed by atoms with Gasteiger partial charge in [0.1, 0.15) is 11.5 Å². The van der Waals surface area contributed by atoms with Crippen molar-refractivity contribution in [1.29, 1.82) is 0 Å². The maximum Gasteiger partial charge on any atom is 0.137 e. The number of rotatable bonds is 7. The fourth-order valence-electron chi connectivity index (χ4n) is 2.13. The van der Waals surface area contributed by atoms with E-state index in [2.05, 4.69) is 18.3 Å². The minimum Gasteiger partial charge on any atom is -0.496 e. The second-order valence-electron chi connectivity index (χ2n) is 4.67. The average Bonchev–Trinajstić information content (AvgIpc) is 2.96. The van der Waals surface area contributed by atoms with Gasteiger partial charge in [0.2, 0.25) is 0 Å². The summed E-state index contributed by atoms with van der Waals surface area (Å²) < 4.78 is 10.5. The lowest BCUT2D eigenvalue weighted by atomic mass is 10.0. The van der Waals surface area contributed by atoms with E-state index >= 15 is 0 Å². The number of ether oxygens (including phenoxy) is 2. The molecule has 0 fully saturated rings. The fraction of sp³-hybridized carbons (Fsp3) is 0.375. The Labute approximate surface area is 134 Å². The van der Waals surface area contributed by atoms with Gasteiger partial charge >= 0.3 is 0 Å². The standard InChI is InChI=1S/C16H20ClNO2S/c1-4-7-18-16(15-9-12(19-2)10-21-15)11-5-6-14(20-3)13(17)8-11/h5-6,8-10,16,18H,4,7H2,1-3H3. The van der Waals surface area contributed by atoms with Gasteiger partial charge in [-0.1, -0.05) is 24.6 Å². The zero-order chi connectivity index (χ0) is 15.2. The van der Waals surface area contributed by atoms with E-state index in [1.807, 2.05) is 23.6 Å². The van der Waals surface area contributed by atoms with Crippen LogP contribution in [-0.2, 0) is 0 Å². The van der Waals surface area contributed by atoms with Crippen LogP contribution in [0.2, 0.25) is 5.02 Å². The van der Waals surface area contributed by atoms with Gasteiger partial charge in [-0.25, -0.2) is 0 Å². The molecule has 1 heterocycles. The Kier molecular flexibility index (Phi) is 5.91. The van der Waals surface area contributed by atoms with E-state index in [0.717, 1.165) is 24.3 Å². The second kappa shape index (κ2) is 7.69. The maximum atomic E-state index is 6.25. The number of hydrogen-bond acceptors (Lipinski definition) is 4. The zero-order valence-corrected chi connectivity index (χ0v) is 14.1. The molecule has 1 unspecified atom stereocenters. The van der Waals surface area contributed by atoms with Gasteiger partial charge in [-0.3, -0.25) is 0 Å². The Hall–Kier alpha value is -1.23. The number of halogens is 1. The van der Waals surface area contributed by atoms with Crippen molar-refractivity contribution in [1.82, 2.24) is 5.32 Å². The lowest BCUT2D eigenvalue weighted by Gasteiger charge is -2.18. The molecule has 3 nitrogen and oxygen atoms in total. The predicted molar refractivity (Wildman–Crippen MR) is 89.0 cm³/mol. The first-order valence-electron chi connectivity index (χ1n) is 6.88. The minimum absolute atomic E-state index is 0.113. The fourth-order valence-corrected chi connectivity index (χ4v) is 3.35. The summed E-state index contributed by atoms with van der Waals surface area (Å²) in [6.07, 6.45) is 1.07. The Bertz CT molecular complexity index is 585. The minimum atomic E-state index is 0.113. The van der Waals surface area contributed by atoms with Crippen LogP contribution in [0.3, 0.4) is 0 Å². The number of benzene rings is 1. The van der Waals surface area contributed by atoms with Crippen molar-refractivity contribution in [2.45, 2.75) is 19.4 Å². The van der Waals surface area contributed by atoms with Crippen LogP contribution in [0.25, 0.3) is 0 Å². The van der Waals surface area contributed by atoms with Gasteiger partial charge in [0.15, 0.2) is 0 Å². The summed E-state index contributed by atoms with van der Waals surface area (Å²) in [5.41, 5.74) is 1.12. The molecule has 0 radical (unpaired) electrons. The molecule has 0 aliphatic heterocycles. The van der Waals surface area contributed by atoms with Crippen molar-refractivity contribution in [3.8, 4) is 11.5 Å². The first-order valence-corrected chi connectivity index (χ1v) is 8.14. The highest BCUT2D eigenvalue weighted by molar-refractivity contribution is 7.10. The molecule has 5 heteroatoms. The molecule has 2 aromatic rings. The van der Waals surface area contributed by atoms with Crippen LogP contribution in [0, 0.1) is 0 Å². The molecule has 2 rings (SSSR count). The lowest BCUT2D eigenvalue weighted by Crippen LogP contribution is -2.22. The average molecular weight is 326 g/mol. The van der Waals surface area contributed by atoms with Gasteiger partial charge in [-0.15, -0.1) is 11.3 Å². The van der Waals surface area contributed by atoms with Crippen LogP contribution < -0.4 is 14.8 Å². The van der Waals surface area contributed by atoms with Crippen LogP contribution in [0.1, 0.15) is 29.8 Å². The summed E-state index contributed by atoms with van der Waals surface area (Å²) in [6, 6.07) is 8.09. The maximum absolute atomic E-state index is 6.25. The van der Waals surface area contributed by atoms with E-state index < -0.39 is 0 Å². The quantitative estimate of drug-likeness (QED) is 0.812. The zero-order valence-electron chi connectivity index (χ0n) is 12.5. The number of thiophene rings is 1. The van der Waals surface area contributed by atoms with Gasteiger partial charge in [0, 0.05) is 10.3 Å². The summed E-state index contributed by atoms with van der Waals surface area (Å²) in [5.74, 6) is 1.58. The Morgan fingerprint density at radius 2 is 2.05 bits per heavy atom. The van der Waals surface area contributed by atoms with Crippen LogP contribution in [0.4, 0.5) is 0 Å². The van der Waals surface area contributed by atoms with Crippen molar-refractivity contribution >= 4 is 22.9 Å². The molecule has 114 valence electrons. The highest BCUT2D eigenvalue weighted by Gasteiger charge is 2.17. The van der Waals surface area contributed by atoms with E-state index in [0.29, 0.717) is 10.8 Å². The molecular weight excluding hydrogens is 306 g/mol. The topological polar surface area (TPSA) is 30.5 Å². The summed E-state index contributed by atoms with van der Waals surface area (Å²) in [7, 11) is 3.31. The van der Waals surface area contributed by atoms with Crippen LogP contribution in [-0.4, -0.2) is 20.8 Å². The molecule has 0 saturated heterocycles. The molecule has 21 heavy (non-hydrogen) atoms. The lowest BCUT2D eigenvalue weighted by molar-refractivity contribution is 0.414. The van der Waals surface area contributed by atoms with Crippen LogP contribution >= 0.6 is 22.9 Å². The summed E-state index contributed by atoms with van der Waals surface area (Å²) in [4.78, 5) is 1.21. The van der Waals surface area contributed by atoms with E-state index in [-0.39, 0.29) is 6.04 Å². The van der Waals surface area contributed by atoms with Crippen molar-refractivity contribution in [2.75, 3.05) is 20.8 Å². The number of nitrogens with one attached hydrogen (secondary N) is 1. The molecule has 0 aliphatic rings. The largest absolute Gasteiger partial charge is 0.496 e. The van der Waals surface area contributed by atoms with Gasteiger partial charge in [0.25, 0.3) is 0 Å².